The number of rotatable bonds is 0. The Morgan fingerprint density at radius 1 is 1.29 bits per heavy atom. The van der Waals surface area contributed by atoms with E-state index in [0.29, 0.717) is 6.61 Å². The van der Waals surface area contributed by atoms with Crippen LogP contribution in [0.1, 0.15) is 24.0 Å². The van der Waals surface area contributed by atoms with E-state index >= 15 is 0 Å². The normalized spacial score (nSPS) is 23.2. The zero-order valence-electron chi connectivity index (χ0n) is 10.1. The third-order valence-electron chi connectivity index (χ3n) is 3.57. The molecule has 1 spiro atoms. The second-order valence-electron chi connectivity index (χ2n) is 4.95. The molecule has 2 aliphatic rings. The van der Waals surface area contributed by atoms with E-state index in [9.17, 15) is 0 Å². The van der Waals surface area contributed by atoms with Gasteiger partial charge in [0.2, 0.25) is 5.79 Å². The summed E-state index contributed by atoms with van der Waals surface area (Å²) < 4.78 is 12.0. The van der Waals surface area contributed by atoms with Gasteiger partial charge in [-0.25, -0.2) is 5.01 Å². The molecule has 0 amide bonds. The highest BCUT2D eigenvalue weighted by Gasteiger charge is 2.40. The third-order valence-corrected chi connectivity index (χ3v) is 3.57. The Morgan fingerprint density at radius 3 is 2.82 bits per heavy atom. The van der Waals surface area contributed by atoms with Crippen molar-refractivity contribution in [2.45, 2.75) is 32.2 Å². The average molecular weight is 234 g/mol. The van der Waals surface area contributed by atoms with Crippen LogP contribution >= 0.6 is 0 Å². The molecule has 1 aromatic rings. The van der Waals surface area contributed by atoms with Crippen molar-refractivity contribution in [2.24, 2.45) is 5.84 Å². The van der Waals surface area contributed by atoms with Crippen LogP contribution in [0.2, 0.25) is 0 Å². The fourth-order valence-corrected chi connectivity index (χ4v) is 2.43. The van der Waals surface area contributed by atoms with Crippen LogP contribution in [0.4, 0.5) is 0 Å². The Bertz CT molecular complexity index is 425. The highest BCUT2D eigenvalue weighted by molar-refractivity contribution is 5.38. The first-order valence-electron chi connectivity index (χ1n) is 6.09. The molecule has 0 aliphatic carbocycles. The van der Waals surface area contributed by atoms with Gasteiger partial charge >= 0.3 is 0 Å². The van der Waals surface area contributed by atoms with Crippen molar-refractivity contribution in [3.8, 4) is 5.75 Å². The quantitative estimate of drug-likeness (QED) is 0.692. The summed E-state index contributed by atoms with van der Waals surface area (Å²) in [6.07, 6.45) is 1.66. The third kappa shape index (κ3) is 2.04. The van der Waals surface area contributed by atoms with Crippen LogP contribution in [0, 0.1) is 6.92 Å². The van der Waals surface area contributed by atoms with Gasteiger partial charge < -0.3 is 9.47 Å². The van der Waals surface area contributed by atoms with Crippen molar-refractivity contribution in [1.82, 2.24) is 5.01 Å². The minimum absolute atomic E-state index is 0.448. The molecule has 1 aromatic carbocycles. The largest absolute Gasteiger partial charge is 0.462 e. The number of fused-ring (bicyclic) bond motifs is 1. The molecule has 92 valence electrons. The van der Waals surface area contributed by atoms with Gasteiger partial charge in [0.15, 0.2) is 0 Å². The van der Waals surface area contributed by atoms with E-state index in [1.807, 2.05) is 5.01 Å². The second-order valence-corrected chi connectivity index (χ2v) is 4.95. The molecule has 17 heavy (non-hydrogen) atoms. The minimum atomic E-state index is -0.448. The number of hydrazine groups is 1. The predicted octanol–water partition coefficient (Wildman–Crippen LogP) is 1.57. The molecule has 0 radical (unpaired) electrons. The van der Waals surface area contributed by atoms with Crippen LogP contribution in [-0.4, -0.2) is 23.9 Å². The van der Waals surface area contributed by atoms with Gasteiger partial charge in [0, 0.05) is 31.5 Å². The number of nitrogens with zero attached hydrogens (tertiary/aromatic N) is 1. The molecule has 1 saturated heterocycles. The Morgan fingerprint density at radius 2 is 2.06 bits per heavy atom. The maximum Gasteiger partial charge on any atom is 0.213 e. The Labute approximate surface area is 101 Å². The van der Waals surface area contributed by atoms with Gasteiger partial charge in [0.1, 0.15) is 5.75 Å². The number of hydrogen-bond acceptors (Lipinski definition) is 4. The first kappa shape index (κ1) is 11.0. The number of aryl methyl sites for hydroxylation is 1. The maximum absolute atomic E-state index is 6.09. The molecule has 1 fully saturated rings. The summed E-state index contributed by atoms with van der Waals surface area (Å²) in [5.41, 5.74) is 2.36. The highest BCUT2D eigenvalue weighted by atomic mass is 16.7. The van der Waals surface area contributed by atoms with Crippen LogP contribution in [0.15, 0.2) is 18.2 Å². The molecule has 0 atom stereocenters. The summed E-state index contributed by atoms with van der Waals surface area (Å²) in [7, 11) is 0. The number of nitrogens with two attached hydrogens (primary N) is 1. The molecule has 0 bridgehead atoms. The van der Waals surface area contributed by atoms with E-state index in [2.05, 4.69) is 25.1 Å². The van der Waals surface area contributed by atoms with Crippen molar-refractivity contribution >= 4 is 0 Å². The molecule has 0 saturated carbocycles. The molecule has 2 heterocycles. The van der Waals surface area contributed by atoms with Crippen LogP contribution < -0.4 is 10.6 Å². The maximum atomic E-state index is 6.09. The van der Waals surface area contributed by atoms with E-state index in [1.54, 1.807) is 0 Å². The van der Waals surface area contributed by atoms with Gasteiger partial charge in [-0.05, 0) is 18.6 Å². The molecular weight excluding hydrogens is 216 g/mol. The number of hydrogen-bond donors (Lipinski definition) is 1. The second kappa shape index (κ2) is 3.98. The lowest BCUT2D eigenvalue weighted by atomic mass is 10.0. The Balaban J connectivity index is 1.84. The lowest BCUT2D eigenvalue weighted by Gasteiger charge is -2.43. The van der Waals surface area contributed by atoms with Crippen LogP contribution in [-0.2, 0) is 11.3 Å². The average Bonchev–Trinajstić information content (AvgIpc) is 2.33. The number of ether oxygens (including phenoxy) is 2. The molecule has 4 nitrogen and oxygen atoms in total. The highest BCUT2D eigenvalue weighted by Crippen LogP contribution is 2.37. The van der Waals surface area contributed by atoms with E-state index in [-0.39, 0.29) is 0 Å². The van der Waals surface area contributed by atoms with Gasteiger partial charge in [-0.2, -0.15) is 0 Å². The monoisotopic (exact) mass is 234 g/mol. The fraction of sp³-hybridized carbons (Fsp3) is 0.538. The predicted molar refractivity (Wildman–Crippen MR) is 64.3 cm³/mol. The van der Waals surface area contributed by atoms with Crippen molar-refractivity contribution < 1.29 is 9.47 Å². The summed E-state index contributed by atoms with van der Waals surface area (Å²) in [5, 5.41) is 1.82. The molecule has 0 unspecified atom stereocenters. The van der Waals surface area contributed by atoms with Crippen molar-refractivity contribution in [3.63, 3.8) is 0 Å². The topological polar surface area (TPSA) is 47.7 Å². The van der Waals surface area contributed by atoms with Crippen LogP contribution in [0.25, 0.3) is 0 Å². The smallest absolute Gasteiger partial charge is 0.213 e. The van der Waals surface area contributed by atoms with Crippen molar-refractivity contribution in [2.75, 3.05) is 13.1 Å². The lowest BCUT2D eigenvalue weighted by molar-refractivity contribution is -0.228. The van der Waals surface area contributed by atoms with Gasteiger partial charge in [0.25, 0.3) is 0 Å². The zero-order chi connectivity index (χ0) is 11.9. The summed E-state index contributed by atoms with van der Waals surface area (Å²) >= 11 is 0. The molecule has 2 aliphatic heterocycles. The van der Waals surface area contributed by atoms with E-state index in [4.69, 9.17) is 15.3 Å². The Hall–Kier alpha value is -1.10. The molecule has 0 aromatic heterocycles. The van der Waals surface area contributed by atoms with Crippen LogP contribution in [0.5, 0.6) is 5.75 Å². The molecule has 2 N–H and O–H groups in total. The van der Waals surface area contributed by atoms with Crippen LogP contribution in [0.3, 0.4) is 0 Å². The molecule has 4 heteroatoms. The summed E-state index contributed by atoms with van der Waals surface area (Å²) in [6, 6.07) is 6.26. The van der Waals surface area contributed by atoms with Gasteiger partial charge in [-0.3, -0.25) is 5.84 Å². The SMILES string of the molecule is Cc1ccc2c(c1)OC1(CCN(N)CC1)OC2. The zero-order valence-corrected chi connectivity index (χ0v) is 10.1. The molecular formula is C13H18N2O2. The lowest BCUT2D eigenvalue weighted by Crippen LogP contribution is -2.52. The molecule has 3 rings (SSSR count). The summed E-state index contributed by atoms with van der Waals surface area (Å²) in [4.78, 5) is 0. The minimum Gasteiger partial charge on any atom is -0.462 e. The van der Waals surface area contributed by atoms with Gasteiger partial charge in [-0.1, -0.05) is 12.1 Å². The van der Waals surface area contributed by atoms with Gasteiger partial charge in [-0.15, -0.1) is 0 Å². The van der Waals surface area contributed by atoms with Gasteiger partial charge in [0.05, 0.1) is 6.61 Å². The number of benzene rings is 1. The van der Waals surface area contributed by atoms with E-state index in [0.717, 1.165) is 37.2 Å². The Kier molecular flexibility index (Phi) is 2.58. The number of piperidine rings is 1. The van der Waals surface area contributed by atoms with Crippen molar-refractivity contribution in [3.05, 3.63) is 29.3 Å². The van der Waals surface area contributed by atoms with E-state index < -0.39 is 5.79 Å². The summed E-state index contributed by atoms with van der Waals surface area (Å²) in [6.45, 7) is 4.36. The standard InChI is InChI=1S/C13H18N2O2/c1-10-2-3-11-9-16-13(17-12(11)8-10)4-6-15(14)7-5-13/h2-3,8H,4-7,9,14H2,1H3. The van der Waals surface area contributed by atoms with Crippen molar-refractivity contribution in [1.29, 1.82) is 0 Å². The fourth-order valence-electron chi connectivity index (χ4n) is 2.43. The summed E-state index contributed by atoms with van der Waals surface area (Å²) in [5.74, 6) is 6.29. The van der Waals surface area contributed by atoms with E-state index in [1.165, 1.54) is 5.56 Å². The first-order chi connectivity index (χ1) is 8.17. The first-order valence-corrected chi connectivity index (χ1v) is 6.09.